The lowest BCUT2D eigenvalue weighted by Gasteiger charge is -2.09. The average Bonchev–Trinajstić information content (AvgIpc) is 2.41. The van der Waals surface area contributed by atoms with E-state index in [2.05, 4.69) is 26.2 Å². The summed E-state index contributed by atoms with van der Waals surface area (Å²) in [6.45, 7) is 0. The van der Waals surface area contributed by atoms with Gasteiger partial charge in [-0.3, -0.25) is 9.78 Å². The molecule has 1 heterocycles. The lowest BCUT2D eigenvalue weighted by Crippen LogP contribution is -2.14. The summed E-state index contributed by atoms with van der Waals surface area (Å²) in [6, 6.07) is 6.85. The van der Waals surface area contributed by atoms with Crippen LogP contribution >= 0.6 is 15.9 Å². The van der Waals surface area contributed by atoms with Crippen LogP contribution in [0.5, 0.6) is 5.75 Å². The van der Waals surface area contributed by atoms with Gasteiger partial charge in [-0.2, -0.15) is 0 Å². The number of pyridine rings is 1. The molecule has 0 saturated carbocycles. The molecule has 0 spiro atoms. The second kappa shape index (κ2) is 5.71. The average molecular weight is 322 g/mol. The molecule has 1 amide bonds. The molecule has 0 aliphatic rings. The maximum Gasteiger partial charge on any atom is 0.257 e. The molecule has 0 atom stereocenters. The smallest absolute Gasteiger partial charge is 0.257 e. The minimum Gasteiger partial charge on any atom is -0.495 e. The first-order chi connectivity index (χ1) is 9.11. The SMILES string of the molecule is COc1cc(NC(=O)c2ccncc2N)ccc1Br. The summed E-state index contributed by atoms with van der Waals surface area (Å²) in [7, 11) is 1.56. The van der Waals surface area contributed by atoms with E-state index >= 15 is 0 Å². The molecule has 0 aliphatic carbocycles. The van der Waals surface area contributed by atoms with Crippen molar-refractivity contribution in [1.29, 1.82) is 0 Å². The lowest BCUT2D eigenvalue weighted by molar-refractivity contribution is 0.102. The number of rotatable bonds is 3. The van der Waals surface area contributed by atoms with Crippen LogP contribution in [-0.4, -0.2) is 18.0 Å². The molecule has 1 aromatic carbocycles. The third-order valence-corrected chi connectivity index (χ3v) is 3.16. The second-order valence-corrected chi connectivity index (χ2v) is 4.62. The first-order valence-electron chi connectivity index (χ1n) is 5.46. The molecule has 98 valence electrons. The van der Waals surface area contributed by atoms with Crippen LogP contribution in [-0.2, 0) is 0 Å². The Labute approximate surface area is 118 Å². The van der Waals surface area contributed by atoms with Gasteiger partial charge in [-0.15, -0.1) is 0 Å². The van der Waals surface area contributed by atoms with Gasteiger partial charge < -0.3 is 15.8 Å². The number of aromatic nitrogens is 1. The fourth-order valence-electron chi connectivity index (χ4n) is 1.55. The van der Waals surface area contributed by atoms with E-state index < -0.39 is 0 Å². The highest BCUT2D eigenvalue weighted by molar-refractivity contribution is 9.10. The van der Waals surface area contributed by atoms with Crippen LogP contribution in [0.1, 0.15) is 10.4 Å². The number of nitrogens with one attached hydrogen (secondary N) is 1. The maximum absolute atomic E-state index is 12.0. The third kappa shape index (κ3) is 3.03. The van der Waals surface area contributed by atoms with Gasteiger partial charge in [0.1, 0.15) is 5.75 Å². The predicted molar refractivity (Wildman–Crippen MR) is 77.3 cm³/mol. The van der Waals surface area contributed by atoms with Crippen molar-refractivity contribution in [2.24, 2.45) is 0 Å². The van der Waals surface area contributed by atoms with Crippen molar-refractivity contribution in [3.05, 3.63) is 46.7 Å². The quantitative estimate of drug-likeness (QED) is 0.911. The van der Waals surface area contributed by atoms with E-state index in [1.54, 1.807) is 31.4 Å². The van der Waals surface area contributed by atoms with E-state index in [-0.39, 0.29) is 5.91 Å². The van der Waals surface area contributed by atoms with E-state index in [1.807, 2.05) is 0 Å². The Kier molecular flexibility index (Phi) is 4.01. The van der Waals surface area contributed by atoms with Crippen LogP contribution in [0, 0.1) is 0 Å². The Bertz CT molecular complexity index is 617. The number of benzene rings is 1. The first kappa shape index (κ1) is 13.4. The Balaban J connectivity index is 2.22. The van der Waals surface area contributed by atoms with Crippen LogP contribution in [0.25, 0.3) is 0 Å². The molecule has 0 unspecified atom stereocenters. The number of halogens is 1. The van der Waals surface area contributed by atoms with Crippen molar-refractivity contribution >= 4 is 33.2 Å². The lowest BCUT2D eigenvalue weighted by atomic mass is 10.2. The first-order valence-corrected chi connectivity index (χ1v) is 6.25. The minimum absolute atomic E-state index is 0.288. The van der Waals surface area contributed by atoms with Crippen molar-refractivity contribution < 1.29 is 9.53 Å². The van der Waals surface area contributed by atoms with Gasteiger partial charge in [0.05, 0.1) is 29.0 Å². The number of carbonyl (C=O) groups excluding carboxylic acids is 1. The Hall–Kier alpha value is -2.08. The van der Waals surface area contributed by atoms with E-state index in [1.165, 1.54) is 12.4 Å². The van der Waals surface area contributed by atoms with Crippen molar-refractivity contribution in [2.75, 3.05) is 18.2 Å². The molecule has 6 heteroatoms. The fourth-order valence-corrected chi connectivity index (χ4v) is 1.96. The molecular weight excluding hydrogens is 310 g/mol. The van der Waals surface area contributed by atoms with E-state index in [0.717, 1.165) is 4.47 Å². The van der Waals surface area contributed by atoms with Crippen molar-refractivity contribution in [3.63, 3.8) is 0 Å². The van der Waals surface area contributed by atoms with Gasteiger partial charge in [0, 0.05) is 18.0 Å². The maximum atomic E-state index is 12.0. The van der Waals surface area contributed by atoms with Gasteiger partial charge in [-0.05, 0) is 34.1 Å². The predicted octanol–water partition coefficient (Wildman–Crippen LogP) is 2.69. The number of carbonyl (C=O) groups is 1. The summed E-state index contributed by atoms with van der Waals surface area (Å²) < 4.78 is 5.98. The molecule has 19 heavy (non-hydrogen) atoms. The van der Waals surface area contributed by atoms with Crippen LogP contribution in [0.15, 0.2) is 41.1 Å². The molecule has 0 fully saturated rings. The summed E-state index contributed by atoms with van der Waals surface area (Å²) >= 11 is 3.35. The van der Waals surface area contributed by atoms with Crippen molar-refractivity contribution in [1.82, 2.24) is 4.98 Å². The van der Waals surface area contributed by atoms with Crippen LogP contribution in [0.3, 0.4) is 0 Å². The summed E-state index contributed by atoms with van der Waals surface area (Å²) in [4.78, 5) is 15.9. The Morgan fingerprint density at radius 2 is 2.21 bits per heavy atom. The zero-order valence-electron chi connectivity index (χ0n) is 10.2. The van der Waals surface area contributed by atoms with Crippen LogP contribution < -0.4 is 15.8 Å². The molecule has 5 nitrogen and oxygen atoms in total. The van der Waals surface area contributed by atoms with Crippen LogP contribution in [0.2, 0.25) is 0 Å². The van der Waals surface area contributed by atoms with Gasteiger partial charge in [-0.25, -0.2) is 0 Å². The zero-order valence-corrected chi connectivity index (χ0v) is 11.8. The number of methoxy groups -OCH3 is 1. The zero-order chi connectivity index (χ0) is 13.8. The number of nitrogens with zero attached hydrogens (tertiary/aromatic N) is 1. The molecule has 0 saturated heterocycles. The van der Waals surface area contributed by atoms with E-state index in [4.69, 9.17) is 10.5 Å². The highest BCUT2D eigenvalue weighted by atomic mass is 79.9. The molecule has 0 aliphatic heterocycles. The Morgan fingerprint density at radius 3 is 2.89 bits per heavy atom. The number of amides is 1. The standard InChI is InChI=1S/C13H12BrN3O2/c1-19-12-6-8(2-3-10(12)14)17-13(18)9-4-5-16-7-11(9)15/h2-7H,15H2,1H3,(H,17,18). The van der Waals surface area contributed by atoms with Gasteiger partial charge in [-0.1, -0.05) is 0 Å². The summed E-state index contributed by atoms with van der Waals surface area (Å²) in [5, 5.41) is 2.75. The van der Waals surface area contributed by atoms with Crippen molar-refractivity contribution in [3.8, 4) is 5.75 Å². The van der Waals surface area contributed by atoms with Gasteiger partial charge >= 0.3 is 0 Å². The molecule has 3 N–H and O–H groups in total. The number of nitrogen functional groups attached to an aromatic ring is 1. The van der Waals surface area contributed by atoms with Gasteiger partial charge in [0.15, 0.2) is 0 Å². The van der Waals surface area contributed by atoms with E-state index in [0.29, 0.717) is 22.7 Å². The molecule has 0 bridgehead atoms. The van der Waals surface area contributed by atoms with Gasteiger partial charge in [0.25, 0.3) is 5.91 Å². The largest absolute Gasteiger partial charge is 0.495 e. The monoisotopic (exact) mass is 321 g/mol. The second-order valence-electron chi connectivity index (χ2n) is 3.77. The molecule has 0 radical (unpaired) electrons. The molecule has 2 rings (SSSR count). The highest BCUT2D eigenvalue weighted by Crippen LogP contribution is 2.28. The third-order valence-electron chi connectivity index (χ3n) is 2.51. The molecule has 1 aromatic heterocycles. The minimum atomic E-state index is -0.288. The normalized spacial score (nSPS) is 10.0. The molecular formula is C13H12BrN3O2. The van der Waals surface area contributed by atoms with Crippen molar-refractivity contribution in [2.45, 2.75) is 0 Å². The van der Waals surface area contributed by atoms with E-state index in [9.17, 15) is 4.79 Å². The number of hydrogen-bond donors (Lipinski definition) is 2. The number of anilines is 2. The number of hydrogen-bond acceptors (Lipinski definition) is 4. The van der Waals surface area contributed by atoms with Gasteiger partial charge in [0.2, 0.25) is 0 Å². The number of nitrogens with two attached hydrogens (primary N) is 1. The molecule has 2 aromatic rings. The summed E-state index contributed by atoms with van der Waals surface area (Å²) in [6.07, 6.45) is 2.96. The highest BCUT2D eigenvalue weighted by Gasteiger charge is 2.10. The fraction of sp³-hybridized carbons (Fsp3) is 0.0769. The topological polar surface area (TPSA) is 77.2 Å². The summed E-state index contributed by atoms with van der Waals surface area (Å²) in [5.41, 5.74) is 7.05. The van der Waals surface area contributed by atoms with Crippen LogP contribution in [0.4, 0.5) is 11.4 Å². The Morgan fingerprint density at radius 1 is 1.42 bits per heavy atom. The number of ether oxygens (including phenoxy) is 1. The summed E-state index contributed by atoms with van der Waals surface area (Å²) in [5.74, 6) is 0.352.